The highest BCUT2D eigenvalue weighted by Crippen LogP contribution is 2.21. The number of amides is 2. The molecule has 0 atom stereocenters. The summed E-state index contributed by atoms with van der Waals surface area (Å²) in [5.74, 6) is -0.196. The predicted octanol–water partition coefficient (Wildman–Crippen LogP) is 2.57. The van der Waals surface area contributed by atoms with Crippen molar-refractivity contribution < 1.29 is 19.2 Å². The van der Waals surface area contributed by atoms with Crippen molar-refractivity contribution in [3.63, 3.8) is 0 Å². The minimum absolute atomic E-state index is 0.107. The van der Waals surface area contributed by atoms with Crippen LogP contribution in [0, 0.1) is 10.1 Å². The van der Waals surface area contributed by atoms with E-state index in [4.69, 9.17) is 4.74 Å². The number of carbonyl (C=O) groups excluding carboxylic acids is 2. The Bertz CT molecular complexity index is 1190. The fraction of sp³-hybridized carbons (Fsp3) is 0.143. The van der Waals surface area contributed by atoms with Crippen molar-refractivity contribution in [3.05, 3.63) is 81.7 Å². The van der Waals surface area contributed by atoms with E-state index in [0.29, 0.717) is 17.0 Å². The number of aromatic nitrogens is 2. The number of hydrogen-bond acceptors (Lipinski definition) is 7. The number of nitro groups is 1. The molecule has 2 N–H and O–H groups in total. The third-order valence-corrected chi connectivity index (χ3v) is 4.33. The highest BCUT2D eigenvalue weighted by Gasteiger charge is 2.12. The van der Waals surface area contributed by atoms with Crippen molar-refractivity contribution >= 4 is 29.4 Å². The van der Waals surface area contributed by atoms with E-state index in [2.05, 4.69) is 20.9 Å². The van der Waals surface area contributed by atoms with E-state index in [1.807, 2.05) is 0 Å². The molecule has 2 amide bonds. The minimum atomic E-state index is -0.517. The maximum absolute atomic E-state index is 12.4. The van der Waals surface area contributed by atoms with Crippen molar-refractivity contribution in [1.29, 1.82) is 0 Å². The number of ether oxygens (including phenoxy) is 1. The second-order valence-corrected chi connectivity index (χ2v) is 6.65. The molecular formula is C21H20N6O5. The normalized spacial score (nSPS) is 10.7. The number of carbonyl (C=O) groups is 2. The average Bonchev–Trinajstić information content (AvgIpc) is 3.23. The molecule has 3 aromatic rings. The van der Waals surface area contributed by atoms with E-state index < -0.39 is 10.8 Å². The van der Waals surface area contributed by atoms with Gasteiger partial charge in [0.2, 0.25) is 5.91 Å². The number of anilines is 1. The molecule has 0 unspecified atom stereocenters. The number of rotatable bonds is 8. The van der Waals surface area contributed by atoms with Gasteiger partial charge in [0.05, 0.1) is 36.0 Å². The first-order valence-corrected chi connectivity index (χ1v) is 9.41. The number of nitrogens with one attached hydrogen (secondary N) is 2. The van der Waals surface area contributed by atoms with Crippen molar-refractivity contribution in [2.24, 2.45) is 5.10 Å². The van der Waals surface area contributed by atoms with Gasteiger partial charge in [-0.15, -0.1) is 0 Å². The lowest BCUT2D eigenvalue weighted by Crippen LogP contribution is -2.20. The molecule has 0 aliphatic heterocycles. The number of nitrogens with zero attached hydrogens (tertiary/aromatic N) is 4. The molecule has 2 aromatic carbocycles. The first kappa shape index (κ1) is 22.2. The van der Waals surface area contributed by atoms with Crippen LogP contribution in [0.4, 0.5) is 11.4 Å². The first-order chi connectivity index (χ1) is 15.4. The zero-order valence-corrected chi connectivity index (χ0v) is 17.3. The summed E-state index contributed by atoms with van der Waals surface area (Å²) >= 11 is 0. The zero-order chi connectivity index (χ0) is 23.1. The number of para-hydroxylation sites is 1. The molecule has 164 valence electrons. The number of hydrogen-bond donors (Lipinski definition) is 2. The fourth-order valence-electron chi connectivity index (χ4n) is 2.92. The second kappa shape index (κ2) is 9.98. The number of benzene rings is 2. The second-order valence-electron chi connectivity index (χ2n) is 6.65. The van der Waals surface area contributed by atoms with Crippen molar-refractivity contribution in [2.75, 3.05) is 12.4 Å². The first-order valence-electron chi connectivity index (χ1n) is 9.41. The van der Waals surface area contributed by atoms with Gasteiger partial charge in [0, 0.05) is 12.5 Å². The molecule has 3 rings (SSSR count). The van der Waals surface area contributed by atoms with Crippen LogP contribution in [0.15, 0.2) is 60.0 Å². The molecule has 0 radical (unpaired) electrons. The number of methoxy groups -OCH3 is 1. The Balaban J connectivity index is 1.73. The third-order valence-electron chi connectivity index (χ3n) is 4.33. The van der Waals surface area contributed by atoms with Crippen LogP contribution in [0.5, 0.6) is 5.75 Å². The van der Waals surface area contributed by atoms with Crippen molar-refractivity contribution in [2.45, 2.75) is 13.5 Å². The molecule has 0 fully saturated rings. The van der Waals surface area contributed by atoms with Gasteiger partial charge in [0.15, 0.2) is 0 Å². The molecule has 0 spiro atoms. The monoisotopic (exact) mass is 436 g/mol. The summed E-state index contributed by atoms with van der Waals surface area (Å²) in [6.45, 7) is 1.60. The number of hydrazone groups is 1. The van der Waals surface area contributed by atoms with E-state index in [1.165, 1.54) is 37.3 Å². The molecular weight excluding hydrogens is 416 g/mol. The van der Waals surface area contributed by atoms with Gasteiger partial charge < -0.3 is 10.1 Å². The Morgan fingerprint density at radius 2 is 2.06 bits per heavy atom. The maximum atomic E-state index is 12.4. The van der Waals surface area contributed by atoms with Gasteiger partial charge in [-0.1, -0.05) is 12.1 Å². The van der Waals surface area contributed by atoms with Crippen molar-refractivity contribution in [3.8, 4) is 5.75 Å². The van der Waals surface area contributed by atoms with Crippen LogP contribution in [-0.2, 0) is 11.3 Å². The minimum Gasteiger partial charge on any atom is -0.496 e. The molecule has 0 aliphatic rings. The molecule has 0 saturated carbocycles. The highest BCUT2D eigenvalue weighted by molar-refractivity contribution is 6.03. The van der Waals surface area contributed by atoms with Crippen LogP contribution in [0.1, 0.15) is 28.4 Å². The molecule has 0 saturated heterocycles. The Labute approximate surface area is 182 Å². The summed E-state index contributed by atoms with van der Waals surface area (Å²) in [7, 11) is 1.52. The predicted molar refractivity (Wildman–Crippen MR) is 117 cm³/mol. The van der Waals surface area contributed by atoms with Gasteiger partial charge >= 0.3 is 5.69 Å². The molecule has 11 heteroatoms. The average molecular weight is 436 g/mol. The fourth-order valence-corrected chi connectivity index (χ4v) is 2.92. The van der Waals surface area contributed by atoms with Gasteiger partial charge in [-0.3, -0.25) is 24.4 Å². The van der Waals surface area contributed by atoms with Crippen LogP contribution in [0.25, 0.3) is 0 Å². The maximum Gasteiger partial charge on any atom is 0.307 e. The van der Waals surface area contributed by atoms with E-state index in [9.17, 15) is 19.7 Å². The van der Waals surface area contributed by atoms with E-state index in [-0.39, 0.29) is 23.7 Å². The molecule has 1 aromatic heterocycles. The lowest BCUT2D eigenvalue weighted by molar-refractivity contribution is -0.385. The largest absolute Gasteiger partial charge is 0.496 e. The Hall–Kier alpha value is -4.54. The van der Waals surface area contributed by atoms with E-state index >= 15 is 0 Å². The Morgan fingerprint density at radius 1 is 1.28 bits per heavy atom. The lowest BCUT2D eigenvalue weighted by Gasteiger charge is -2.10. The Morgan fingerprint density at radius 3 is 2.75 bits per heavy atom. The van der Waals surface area contributed by atoms with Crippen LogP contribution >= 0.6 is 0 Å². The summed E-state index contributed by atoms with van der Waals surface area (Å²) in [5, 5.41) is 21.4. The quantitative estimate of drug-likeness (QED) is 0.316. The SMILES string of the molecule is COc1ccc(/C=N\NC(=O)c2ccccc2NC(C)=O)cc1Cn1cc([N+](=O)[O-])cn1. The van der Waals surface area contributed by atoms with Gasteiger partial charge in [-0.2, -0.15) is 10.2 Å². The standard InChI is InChI=1S/C21H20N6O5/c1-14(28)24-19-6-4-3-5-18(19)21(29)25-22-10-15-7-8-20(32-2)16(9-15)12-26-13-17(11-23-26)27(30)31/h3-11,13H,12H2,1-2H3,(H,24,28)(H,25,29)/b22-10-. The van der Waals surface area contributed by atoms with Crippen LogP contribution in [0.3, 0.4) is 0 Å². The molecule has 0 aliphatic carbocycles. The topological polar surface area (TPSA) is 141 Å². The van der Waals surface area contributed by atoms with Gasteiger partial charge in [-0.25, -0.2) is 5.43 Å². The molecule has 1 heterocycles. The summed E-state index contributed by atoms with van der Waals surface area (Å²) in [5.41, 5.74) is 4.36. The van der Waals surface area contributed by atoms with Gasteiger partial charge in [0.25, 0.3) is 5.91 Å². The summed E-state index contributed by atoms with van der Waals surface area (Å²) in [4.78, 5) is 34.1. The lowest BCUT2D eigenvalue weighted by atomic mass is 10.1. The van der Waals surface area contributed by atoms with E-state index in [1.54, 1.807) is 42.5 Å². The highest BCUT2D eigenvalue weighted by atomic mass is 16.6. The van der Waals surface area contributed by atoms with Gasteiger partial charge in [0.1, 0.15) is 18.1 Å². The van der Waals surface area contributed by atoms with Gasteiger partial charge in [-0.05, 0) is 35.9 Å². The molecule has 0 bridgehead atoms. The Kier molecular flexibility index (Phi) is 6.91. The molecule has 32 heavy (non-hydrogen) atoms. The zero-order valence-electron chi connectivity index (χ0n) is 17.3. The van der Waals surface area contributed by atoms with Crippen LogP contribution in [-0.4, -0.2) is 39.8 Å². The smallest absolute Gasteiger partial charge is 0.307 e. The summed E-state index contributed by atoms with van der Waals surface area (Å²) < 4.78 is 6.78. The van der Waals surface area contributed by atoms with E-state index in [0.717, 1.165) is 5.56 Å². The van der Waals surface area contributed by atoms with Crippen LogP contribution < -0.4 is 15.5 Å². The summed E-state index contributed by atoms with van der Waals surface area (Å²) in [6, 6.07) is 11.8. The molecule has 11 nitrogen and oxygen atoms in total. The van der Waals surface area contributed by atoms with Crippen molar-refractivity contribution in [1.82, 2.24) is 15.2 Å². The summed E-state index contributed by atoms with van der Waals surface area (Å²) in [6.07, 6.45) is 3.95. The third kappa shape index (κ3) is 5.53. The van der Waals surface area contributed by atoms with Crippen LogP contribution in [0.2, 0.25) is 0 Å².